The van der Waals surface area contributed by atoms with Crippen LogP contribution in [0, 0.1) is 0 Å². The molecule has 0 rings (SSSR count). The van der Waals surface area contributed by atoms with Crippen LogP contribution in [0.5, 0.6) is 0 Å². The number of carbonyl (C=O) groups is 1. The molecule has 3 nitrogen and oxygen atoms in total. The molecule has 0 fully saturated rings. The van der Waals surface area contributed by atoms with Crippen molar-refractivity contribution in [2.75, 3.05) is 6.61 Å². The summed E-state index contributed by atoms with van der Waals surface area (Å²) in [6, 6.07) is 0. The lowest BCUT2D eigenvalue weighted by Crippen LogP contribution is -2.20. The smallest absolute Gasteiger partial charge is 0.302 e. The third kappa shape index (κ3) is 5.85. The van der Waals surface area contributed by atoms with Crippen molar-refractivity contribution in [1.82, 2.24) is 0 Å². The molecule has 3 heteroatoms. The number of rotatable bonds is 5. The molecule has 0 saturated heterocycles. The van der Waals surface area contributed by atoms with E-state index in [2.05, 4.69) is 6.92 Å². The third-order valence-corrected chi connectivity index (χ3v) is 1.42. The molecule has 0 heterocycles. The minimum Gasteiger partial charge on any atom is -0.460 e. The maximum absolute atomic E-state index is 10.4. The average molecular weight is 160 g/mol. The van der Waals surface area contributed by atoms with E-state index in [1.54, 1.807) is 0 Å². The van der Waals surface area contributed by atoms with Gasteiger partial charge in [-0.1, -0.05) is 13.3 Å². The molecule has 0 bridgehead atoms. The van der Waals surface area contributed by atoms with Gasteiger partial charge >= 0.3 is 5.97 Å². The molecule has 11 heavy (non-hydrogen) atoms. The van der Waals surface area contributed by atoms with Gasteiger partial charge in [-0.3, -0.25) is 4.79 Å². The fourth-order valence-electron chi connectivity index (χ4n) is 0.854. The molecule has 0 aromatic heterocycles. The zero-order chi connectivity index (χ0) is 8.69. The Morgan fingerprint density at radius 2 is 2.27 bits per heavy atom. The zero-order valence-electron chi connectivity index (χ0n) is 7.17. The number of hydrogen-bond donors (Lipinski definition) is 1. The Morgan fingerprint density at radius 3 is 2.64 bits per heavy atom. The Labute approximate surface area is 67.4 Å². The van der Waals surface area contributed by atoms with E-state index in [1.807, 2.05) is 0 Å². The minimum absolute atomic E-state index is 0.0699. The zero-order valence-corrected chi connectivity index (χ0v) is 7.17. The second-order valence-electron chi connectivity index (χ2n) is 2.56. The number of unbranched alkanes of at least 4 members (excludes halogenated alkanes) is 1. The van der Waals surface area contributed by atoms with Gasteiger partial charge in [0.25, 0.3) is 0 Å². The molecule has 1 atom stereocenters. The van der Waals surface area contributed by atoms with Gasteiger partial charge in [0.15, 0.2) is 0 Å². The van der Waals surface area contributed by atoms with E-state index >= 15 is 0 Å². The largest absolute Gasteiger partial charge is 0.460 e. The van der Waals surface area contributed by atoms with E-state index in [9.17, 15) is 4.79 Å². The van der Waals surface area contributed by atoms with Crippen LogP contribution < -0.4 is 0 Å². The topological polar surface area (TPSA) is 46.5 Å². The highest BCUT2D eigenvalue weighted by atomic mass is 16.5. The number of aliphatic hydroxyl groups is 1. The molecule has 0 saturated carbocycles. The Balaban J connectivity index is 3.49. The van der Waals surface area contributed by atoms with E-state index in [0.29, 0.717) is 0 Å². The standard InChI is InChI=1S/C8H16O3/c1-3-4-5-8(6-9)11-7(2)10/h8-9H,3-6H2,1-2H3/t8-/m1/s1. The fraction of sp³-hybridized carbons (Fsp3) is 0.875. The van der Waals surface area contributed by atoms with Crippen LogP contribution in [0.25, 0.3) is 0 Å². The molecule has 0 aromatic rings. The summed E-state index contributed by atoms with van der Waals surface area (Å²) >= 11 is 0. The molecule has 0 unspecified atom stereocenters. The Morgan fingerprint density at radius 1 is 1.64 bits per heavy atom. The number of ether oxygens (including phenoxy) is 1. The van der Waals surface area contributed by atoms with Gasteiger partial charge in [0.05, 0.1) is 6.61 Å². The summed E-state index contributed by atoms with van der Waals surface area (Å²) in [6.07, 6.45) is 2.50. The van der Waals surface area contributed by atoms with Crippen LogP contribution in [-0.4, -0.2) is 23.8 Å². The van der Waals surface area contributed by atoms with Crippen molar-refractivity contribution in [3.05, 3.63) is 0 Å². The van der Waals surface area contributed by atoms with Gasteiger partial charge in [-0.15, -0.1) is 0 Å². The highest BCUT2D eigenvalue weighted by Crippen LogP contribution is 2.03. The van der Waals surface area contributed by atoms with Crippen LogP contribution in [0.3, 0.4) is 0 Å². The van der Waals surface area contributed by atoms with E-state index in [0.717, 1.165) is 19.3 Å². The lowest BCUT2D eigenvalue weighted by Gasteiger charge is -2.12. The molecule has 0 spiro atoms. The first-order chi connectivity index (χ1) is 5.20. The number of aliphatic hydroxyl groups excluding tert-OH is 1. The maximum Gasteiger partial charge on any atom is 0.302 e. The summed E-state index contributed by atoms with van der Waals surface area (Å²) in [5.41, 5.74) is 0. The summed E-state index contributed by atoms with van der Waals surface area (Å²) in [6.45, 7) is 3.34. The number of esters is 1. The first-order valence-electron chi connectivity index (χ1n) is 3.98. The highest BCUT2D eigenvalue weighted by Gasteiger charge is 2.08. The van der Waals surface area contributed by atoms with E-state index in [4.69, 9.17) is 9.84 Å². The summed E-state index contributed by atoms with van der Waals surface area (Å²) in [5.74, 6) is -0.319. The monoisotopic (exact) mass is 160 g/mol. The second kappa shape index (κ2) is 6.16. The molecule has 0 aromatic carbocycles. The van der Waals surface area contributed by atoms with Crippen molar-refractivity contribution in [2.45, 2.75) is 39.2 Å². The number of carbonyl (C=O) groups excluding carboxylic acids is 1. The molecule has 0 radical (unpaired) electrons. The van der Waals surface area contributed by atoms with Crippen LogP contribution in [0.1, 0.15) is 33.1 Å². The molecule has 0 amide bonds. The predicted molar refractivity (Wildman–Crippen MR) is 42.2 cm³/mol. The highest BCUT2D eigenvalue weighted by molar-refractivity contribution is 5.66. The molecular weight excluding hydrogens is 144 g/mol. The van der Waals surface area contributed by atoms with Crippen molar-refractivity contribution >= 4 is 5.97 Å². The van der Waals surface area contributed by atoms with Crippen LogP contribution >= 0.6 is 0 Å². The summed E-state index contributed by atoms with van der Waals surface area (Å²) in [5, 5.41) is 8.72. The lowest BCUT2D eigenvalue weighted by molar-refractivity contribution is -0.148. The predicted octanol–water partition coefficient (Wildman–Crippen LogP) is 1.10. The van der Waals surface area contributed by atoms with Crippen LogP contribution in [0.2, 0.25) is 0 Å². The number of hydrogen-bond acceptors (Lipinski definition) is 3. The lowest BCUT2D eigenvalue weighted by atomic mass is 10.2. The van der Waals surface area contributed by atoms with Crippen LogP contribution in [-0.2, 0) is 9.53 Å². The fourth-order valence-corrected chi connectivity index (χ4v) is 0.854. The maximum atomic E-state index is 10.4. The third-order valence-electron chi connectivity index (χ3n) is 1.42. The van der Waals surface area contributed by atoms with E-state index < -0.39 is 0 Å². The quantitative estimate of drug-likeness (QED) is 0.612. The molecule has 1 N–H and O–H groups in total. The molecule has 0 aliphatic heterocycles. The van der Waals surface area contributed by atoms with Gasteiger partial charge in [-0.05, 0) is 12.8 Å². The normalized spacial score (nSPS) is 12.6. The summed E-state index contributed by atoms with van der Waals surface area (Å²) in [4.78, 5) is 10.4. The van der Waals surface area contributed by atoms with Crippen molar-refractivity contribution in [3.63, 3.8) is 0 Å². The van der Waals surface area contributed by atoms with Gasteiger partial charge in [-0.2, -0.15) is 0 Å². The van der Waals surface area contributed by atoms with Gasteiger partial charge in [0, 0.05) is 6.92 Å². The minimum atomic E-state index is -0.319. The van der Waals surface area contributed by atoms with Gasteiger partial charge in [0.2, 0.25) is 0 Å². The average Bonchev–Trinajstić information content (AvgIpc) is 1.97. The van der Waals surface area contributed by atoms with Crippen molar-refractivity contribution in [3.8, 4) is 0 Å². The first kappa shape index (κ1) is 10.4. The molecule has 0 aliphatic carbocycles. The Bertz CT molecular complexity index is 112. The van der Waals surface area contributed by atoms with Crippen LogP contribution in [0.4, 0.5) is 0 Å². The van der Waals surface area contributed by atoms with Crippen LogP contribution in [0.15, 0.2) is 0 Å². The van der Waals surface area contributed by atoms with E-state index in [-0.39, 0.29) is 18.7 Å². The first-order valence-corrected chi connectivity index (χ1v) is 3.98. The molecular formula is C8H16O3. The Hall–Kier alpha value is -0.570. The van der Waals surface area contributed by atoms with Crippen molar-refractivity contribution in [2.24, 2.45) is 0 Å². The van der Waals surface area contributed by atoms with E-state index in [1.165, 1.54) is 6.92 Å². The molecule has 0 aliphatic rings. The van der Waals surface area contributed by atoms with Gasteiger partial charge in [-0.25, -0.2) is 0 Å². The molecule has 66 valence electrons. The summed E-state index contributed by atoms with van der Waals surface area (Å²) < 4.78 is 4.81. The van der Waals surface area contributed by atoms with Gasteiger partial charge in [0.1, 0.15) is 6.10 Å². The van der Waals surface area contributed by atoms with Crippen molar-refractivity contribution < 1.29 is 14.6 Å². The van der Waals surface area contributed by atoms with Crippen molar-refractivity contribution in [1.29, 1.82) is 0 Å². The second-order valence-corrected chi connectivity index (χ2v) is 2.56. The Kier molecular flexibility index (Phi) is 5.84. The SMILES string of the molecule is CCCC[C@H](CO)OC(C)=O. The summed E-state index contributed by atoms with van der Waals surface area (Å²) in [7, 11) is 0. The van der Waals surface area contributed by atoms with Gasteiger partial charge < -0.3 is 9.84 Å².